The van der Waals surface area contributed by atoms with Crippen molar-refractivity contribution in [2.75, 3.05) is 0 Å². The van der Waals surface area contributed by atoms with Crippen molar-refractivity contribution in [1.82, 2.24) is 4.98 Å². The Morgan fingerprint density at radius 2 is 2.16 bits per heavy atom. The molecule has 0 amide bonds. The van der Waals surface area contributed by atoms with Crippen LogP contribution in [-0.2, 0) is 29.0 Å². The fraction of sp³-hybridized carbons (Fsp3) is 0.385. The summed E-state index contributed by atoms with van der Waals surface area (Å²) in [5.41, 5.74) is 7.45. The molecule has 0 radical (unpaired) electrons. The molecular formula is C13H18N2O4. The van der Waals surface area contributed by atoms with E-state index in [1.807, 2.05) is 0 Å². The van der Waals surface area contributed by atoms with Gasteiger partial charge >= 0.3 is 11.9 Å². The lowest BCUT2D eigenvalue weighted by Gasteiger charge is -2.10. The predicted octanol–water partition coefficient (Wildman–Crippen LogP) is 0.920. The van der Waals surface area contributed by atoms with Crippen LogP contribution in [-0.4, -0.2) is 27.1 Å². The fourth-order valence-corrected chi connectivity index (χ4v) is 2.02. The lowest BCUT2D eigenvalue weighted by Crippen LogP contribution is -2.17. The molecule has 0 aliphatic carbocycles. The van der Waals surface area contributed by atoms with E-state index in [-0.39, 0.29) is 19.4 Å². The van der Waals surface area contributed by atoms with Gasteiger partial charge in [-0.15, -0.1) is 6.58 Å². The van der Waals surface area contributed by atoms with Crippen molar-refractivity contribution in [3.05, 3.63) is 35.7 Å². The van der Waals surface area contributed by atoms with Gasteiger partial charge in [-0.2, -0.15) is 0 Å². The summed E-state index contributed by atoms with van der Waals surface area (Å²) in [5, 5.41) is 18.0. The largest absolute Gasteiger partial charge is 0.481 e. The highest BCUT2D eigenvalue weighted by Crippen LogP contribution is 2.21. The van der Waals surface area contributed by atoms with Gasteiger partial charge in [-0.05, 0) is 24.0 Å². The molecule has 0 saturated carbocycles. The molecule has 6 heteroatoms. The third-order valence-corrected chi connectivity index (χ3v) is 2.97. The molecule has 1 unspecified atom stereocenters. The minimum absolute atomic E-state index is 0.161. The first-order valence-corrected chi connectivity index (χ1v) is 5.93. The molecule has 0 saturated heterocycles. The average molecular weight is 266 g/mol. The van der Waals surface area contributed by atoms with E-state index in [9.17, 15) is 9.59 Å². The van der Waals surface area contributed by atoms with Crippen molar-refractivity contribution >= 4 is 11.9 Å². The van der Waals surface area contributed by atoms with Gasteiger partial charge in [0, 0.05) is 18.4 Å². The molecule has 19 heavy (non-hydrogen) atoms. The summed E-state index contributed by atoms with van der Waals surface area (Å²) < 4.78 is 0. The first kappa shape index (κ1) is 15.0. The molecule has 0 fully saturated rings. The summed E-state index contributed by atoms with van der Waals surface area (Å²) in [5.74, 6) is -2.49. The maximum absolute atomic E-state index is 11.1. The van der Waals surface area contributed by atoms with Gasteiger partial charge in [0.25, 0.3) is 0 Å². The van der Waals surface area contributed by atoms with Crippen LogP contribution in [0.4, 0.5) is 0 Å². The molecule has 104 valence electrons. The number of nitrogens with one attached hydrogen (secondary N) is 1. The number of hydrogen-bond donors (Lipinski definition) is 4. The molecule has 1 aromatic rings. The quantitative estimate of drug-likeness (QED) is 0.522. The zero-order valence-electron chi connectivity index (χ0n) is 10.6. The zero-order valence-corrected chi connectivity index (χ0v) is 10.6. The van der Waals surface area contributed by atoms with Crippen molar-refractivity contribution in [3.8, 4) is 0 Å². The highest BCUT2D eigenvalue weighted by Gasteiger charge is 2.21. The maximum atomic E-state index is 11.1. The van der Waals surface area contributed by atoms with Crippen LogP contribution in [0.3, 0.4) is 0 Å². The van der Waals surface area contributed by atoms with Gasteiger partial charge in [-0.1, -0.05) is 6.08 Å². The third kappa shape index (κ3) is 3.96. The van der Waals surface area contributed by atoms with Crippen molar-refractivity contribution in [2.45, 2.75) is 25.8 Å². The molecular weight excluding hydrogens is 248 g/mol. The summed E-state index contributed by atoms with van der Waals surface area (Å²) in [6, 6.07) is 0. The SMILES string of the molecule is C=CCC(Cc1c[nH]c(CN)c1CC(=O)O)C(=O)O. The molecule has 5 N–H and O–H groups in total. The molecule has 1 aromatic heterocycles. The second-order valence-electron chi connectivity index (χ2n) is 4.31. The van der Waals surface area contributed by atoms with Crippen LogP contribution in [0.1, 0.15) is 23.2 Å². The highest BCUT2D eigenvalue weighted by molar-refractivity contribution is 5.72. The lowest BCUT2D eigenvalue weighted by atomic mass is 9.94. The minimum atomic E-state index is -0.967. The van der Waals surface area contributed by atoms with Crippen LogP contribution >= 0.6 is 0 Å². The second-order valence-corrected chi connectivity index (χ2v) is 4.31. The summed E-state index contributed by atoms with van der Waals surface area (Å²) >= 11 is 0. The Hall–Kier alpha value is -2.08. The molecule has 1 heterocycles. The summed E-state index contributed by atoms with van der Waals surface area (Å²) in [6.07, 6.45) is 3.63. The zero-order chi connectivity index (χ0) is 14.4. The minimum Gasteiger partial charge on any atom is -0.481 e. The Morgan fingerprint density at radius 1 is 1.47 bits per heavy atom. The predicted molar refractivity (Wildman–Crippen MR) is 69.7 cm³/mol. The van der Waals surface area contributed by atoms with E-state index in [4.69, 9.17) is 15.9 Å². The fourth-order valence-electron chi connectivity index (χ4n) is 2.02. The number of rotatable bonds is 8. The van der Waals surface area contributed by atoms with Gasteiger partial charge in [0.15, 0.2) is 0 Å². The second kappa shape index (κ2) is 6.75. The molecule has 0 aliphatic rings. The van der Waals surface area contributed by atoms with Gasteiger partial charge in [0.2, 0.25) is 0 Å². The smallest absolute Gasteiger partial charge is 0.307 e. The summed E-state index contributed by atoms with van der Waals surface area (Å²) in [7, 11) is 0. The van der Waals surface area contributed by atoms with Gasteiger partial charge in [0.1, 0.15) is 0 Å². The maximum Gasteiger partial charge on any atom is 0.307 e. The third-order valence-electron chi connectivity index (χ3n) is 2.97. The topological polar surface area (TPSA) is 116 Å². The van der Waals surface area contributed by atoms with Gasteiger partial charge in [-0.3, -0.25) is 9.59 Å². The number of allylic oxidation sites excluding steroid dienone is 1. The Bertz CT molecular complexity index is 479. The Balaban J connectivity index is 2.98. The molecule has 1 atom stereocenters. The molecule has 0 bridgehead atoms. The van der Waals surface area contributed by atoms with Crippen molar-refractivity contribution in [2.24, 2.45) is 11.7 Å². The van der Waals surface area contributed by atoms with E-state index >= 15 is 0 Å². The monoisotopic (exact) mass is 266 g/mol. The number of H-pyrrole nitrogens is 1. The molecule has 6 nitrogen and oxygen atoms in total. The van der Waals surface area contributed by atoms with E-state index < -0.39 is 17.9 Å². The number of carboxylic acids is 2. The van der Waals surface area contributed by atoms with Crippen LogP contribution < -0.4 is 5.73 Å². The van der Waals surface area contributed by atoms with Gasteiger partial charge in [-0.25, -0.2) is 0 Å². The van der Waals surface area contributed by atoms with Gasteiger partial charge in [0.05, 0.1) is 12.3 Å². The van der Waals surface area contributed by atoms with E-state index in [2.05, 4.69) is 11.6 Å². The van der Waals surface area contributed by atoms with E-state index in [0.29, 0.717) is 23.2 Å². The van der Waals surface area contributed by atoms with Crippen LogP contribution in [0.2, 0.25) is 0 Å². The number of hydrogen-bond acceptors (Lipinski definition) is 3. The van der Waals surface area contributed by atoms with Crippen LogP contribution in [0, 0.1) is 5.92 Å². The van der Waals surface area contributed by atoms with E-state index in [1.165, 1.54) is 0 Å². The highest BCUT2D eigenvalue weighted by atomic mass is 16.4. The number of carbonyl (C=O) groups is 2. The number of aromatic nitrogens is 1. The Morgan fingerprint density at radius 3 is 2.63 bits per heavy atom. The number of aliphatic carboxylic acids is 2. The number of carboxylic acid groups (broad SMARTS) is 2. The van der Waals surface area contributed by atoms with Gasteiger partial charge < -0.3 is 20.9 Å². The molecule has 0 aromatic carbocycles. The standard InChI is InChI=1S/C13H18N2O4/c1-2-3-8(13(18)19)4-9-7-15-11(6-14)10(9)5-12(16)17/h2,7-8,15H,1,3-6,14H2,(H,16,17)(H,18,19). The lowest BCUT2D eigenvalue weighted by molar-refractivity contribution is -0.141. The van der Waals surface area contributed by atoms with Crippen molar-refractivity contribution in [1.29, 1.82) is 0 Å². The average Bonchev–Trinajstić information content (AvgIpc) is 2.70. The van der Waals surface area contributed by atoms with E-state index in [1.54, 1.807) is 12.3 Å². The normalized spacial score (nSPS) is 12.1. The first-order valence-electron chi connectivity index (χ1n) is 5.93. The summed E-state index contributed by atoms with van der Waals surface area (Å²) in [6.45, 7) is 3.73. The molecule has 1 rings (SSSR count). The Kier molecular flexibility index (Phi) is 5.32. The van der Waals surface area contributed by atoms with E-state index in [0.717, 1.165) is 0 Å². The van der Waals surface area contributed by atoms with Crippen molar-refractivity contribution in [3.63, 3.8) is 0 Å². The van der Waals surface area contributed by atoms with Crippen LogP contribution in [0.15, 0.2) is 18.9 Å². The number of aromatic amines is 1. The molecule has 0 aliphatic heterocycles. The summed E-state index contributed by atoms with van der Waals surface area (Å²) in [4.78, 5) is 24.9. The number of nitrogens with two attached hydrogens (primary N) is 1. The molecule has 0 spiro atoms. The first-order chi connectivity index (χ1) is 8.99. The Labute approximate surface area is 110 Å². The van der Waals surface area contributed by atoms with Crippen molar-refractivity contribution < 1.29 is 19.8 Å². The van der Waals surface area contributed by atoms with Crippen LogP contribution in [0.5, 0.6) is 0 Å². The van der Waals surface area contributed by atoms with Crippen LogP contribution in [0.25, 0.3) is 0 Å².